The smallest absolute Gasteiger partial charge is 0.337 e. The van der Waals surface area contributed by atoms with Crippen LogP contribution in [0.2, 0.25) is 0 Å². The first kappa shape index (κ1) is 11.7. The lowest BCUT2D eigenvalue weighted by molar-refractivity contribution is 0.0600. The minimum absolute atomic E-state index is 0.386. The van der Waals surface area contributed by atoms with Crippen molar-refractivity contribution >= 4 is 21.9 Å². The van der Waals surface area contributed by atoms with Crippen LogP contribution in [0.15, 0.2) is 41.1 Å². The van der Waals surface area contributed by atoms with E-state index in [2.05, 4.69) is 30.6 Å². The summed E-state index contributed by atoms with van der Waals surface area (Å²) in [6.45, 7) is 0. The zero-order valence-corrected chi connectivity index (χ0v) is 10.6. The molecule has 0 aliphatic rings. The van der Waals surface area contributed by atoms with Gasteiger partial charge in [-0.25, -0.2) is 9.78 Å². The number of hydrogen-bond donors (Lipinski definition) is 0. The zero-order valence-electron chi connectivity index (χ0n) is 9.05. The SMILES string of the molecule is COC(=O)c1ccnc(-c2cccc(Br)n2)c1. The van der Waals surface area contributed by atoms with E-state index in [1.54, 1.807) is 18.3 Å². The van der Waals surface area contributed by atoms with Crippen LogP contribution in [0.1, 0.15) is 10.4 Å². The number of esters is 1. The number of carbonyl (C=O) groups is 1. The Bertz CT molecular complexity index is 558. The molecular weight excluding hydrogens is 284 g/mol. The molecule has 4 nitrogen and oxygen atoms in total. The normalized spacial score (nSPS) is 10.0. The lowest BCUT2D eigenvalue weighted by atomic mass is 10.2. The van der Waals surface area contributed by atoms with E-state index in [1.165, 1.54) is 7.11 Å². The standard InChI is InChI=1S/C12H9BrN2O2/c1-17-12(16)8-5-6-14-10(7-8)9-3-2-4-11(13)15-9/h2-7H,1H3. The first-order chi connectivity index (χ1) is 8.20. The predicted octanol–water partition coefficient (Wildman–Crippen LogP) is 2.69. The Labute approximate surface area is 107 Å². The molecule has 0 aromatic carbocycles. The molecule has 0 N–H and O–H groups in total. The molecule has 86 valence electrons. The Morgan fingerprint density at radius 3 is 2.82 bits per heavy atom. The average molecular weight is 293 g/mol. The predicted molar refractivity (Wildman–Crippen MR) is 66.5 cm³/mol. The molecule has 0 saturated carbocycles. The van der Waals surface area contributed by atoms with Crippen LogP contribution in [0, 0.1) is 0 Å². The van der Waals surface area contributed by atoms with Gasteiger partial charge in [-0.05, 0) is 40.2 Å². The zero-order chi connectivity index (χ0) is 12.3. The third-order valence-electron chi connectivity index (χ3n) is 2.16. The Kier molecular flexibility index (Phi) is 3.49. The number of hydrogen-bond acceptors (Lipinski definition) is 4. The quantitative estimate of drug-likeness (QED) is 0.631. The fourth-order valence-electron chi connectivity index (χ4n) is 1.37. The molecule has 2 aromatic heterocycles. The van der Waals surface area contributed by atoms with Crippen LogP contribution in [0.4, 0.5) is 0 Å². The molecule has 17 heavy (non-hydrogen) atoms. The molecule has 2 aromatic rings. The van der Waals surface area contributed by atoms with E-state index in [4.69, 9.17) is 0 Å². The number of methoxy groups -OCH3 is 1. The van der Waals surface area contributed by atoms with E-state index in [-0.39, 0.29) is 5.97 Å². The van der Waals surface area contributed by atoms with E-state index in [0.29, 0.717) is 17.0 Å². The monoisotopic (exact) mass is 292 g/mol. The molecule has 0 saturated heterocycles. The van der Waals surface area contributed by atoms with Crippen LogP contribution in [0.25, 0.3) is 11.4 Å². The molecule has 0 aliphatic heterocycles. The van der Waals surface area contributed by atoms with Gasteiger partial charge in [-0.3, -0.25) is 4.98 Å². The number of rotatable bonds is 2. The molecule has 0 spiro atoms. The highest BCUT2D eigenvalue weighted by atomic mass is 79.9. The van der Waals surface area contributed by atoms with E-state index >= 15 is 0 Å². The summed E-state index contributed by atoms with van der Waals surface area (Å²) in [5.41, 5.74) is 1.79. The molecule has 0 radical (unpaired) electrons. The van der Waals surface area contributed by atoms with Gasteiger partial charge in [-0.2, -0.15) is 0 Å². The van der Waals surface area contributed by atoms with Crippen molar-refractivity contribution in [3.8, 4) is 11.4 Å². The Balaban J connectivity index is 2.43. The van der Waals surface area contributed by atoms with Crippen LogP contribution in [-0.4, -0.2) is 23.0 Å². The second-order valence-electron chi connectivity index (χ2n) is 3.27. The van der Waals surface area contributed by atoms with E-state index < -0.39 is 0 Å². The fraction of sp³-hybridized carbons (Fsp3) is 0.0833. The van der Waals surface area contributed by atoms with Crippen molar-refractivity contribution in [3.05, 3.63) is 46.7 Å². The van der Waals surface area contributed by atoms with Crippen molar-refractivity contribution in [2.45, 2.75) is 0 Å². The van der Waals surface area contributed by atoms with Crippen molar-refractivity contribution in [2.24, 2.45) is 0 Å². The minimum atomic E-state index is -0.386. The Hall–Kier alpha value is -1.75. The van der Waals surface area contributed by atoms with Gasteiger partial charge in [0.15, 0.2) is 0 Å². The third-order valence-corrected chi connectivity index (χ3v) is 2.60. The number of ether oxygens (including phenoxy) is 1. The number of nitrogens with zero attached hydrogens (tertiary/aromatic N) is 2. The second-order valence-corrected chi connectivity index (χ2v) is 4.08. The molecular formula is C12H9BrN2O2. The minimum Gasteiger partial charge on any atom is -0.465 e. The number of carbonyl (C=O) groups excluding carboxylic acids is 1. The van der Waals surface area contributed by atoms with Gasteiger partial charge in [0.05, 0.1) is 24.1 Å². The van der Waals surface area contributed by atoms with Crippen molar-refractivity contribution in [1.82, 2.24) is 9.97 Å². The van der Waals surface area contributed by atoms with Gasteiger partial charge in [0.2, 0.25) is 0 Å². The molecule has 2 rings (SSSR count). The van der Waals surface area contributed by atoms with E-state index in [9.17, 15) is 4.79 Å². The highest BCUT2D eigenvalue weighted by molar-refractivity contribution is 9.10. The van der Waals surface area contributed by atoms with Gasteiger partial charge in [0.25, 0.3) is 0 Å². The third kappa shape index (κ3) is 2.68. The maximum Gasteiger partial charge on any atom is 0.337 e. The van der Waals surface area contributed by atoms with Crippen molar-refractivity contribution in [1.29, 1.82) is 0 Å². The van der Waals surface area contributed by atoms with Crippen molar-refractivity contribution in [2.75, 3.05) is 7.11 Å². The molecule has 5 heteroatoms. The van der Waals surface area contributed by atoms with Gasteiger partial charge < -0.3 is 4.74 Å². The molecule has 0 bridgehead atoms. The van der Waals surface area contributed by atoms with Gasteiger partial charge in [-0.15, -0.1) is 0 Å². The number of aromatic nitrogens is 2. The summed E-state index contributed by atoms with van der Waals surface area (Å²) in [5, 5.41) is 0. The number of pyridine rings is 2. The average Bonchev–Trinajstić information content (AvgIpc) is 2.38. The van der Waals surface area contributed by atoms with E-state index in [1.807, 2.05) is 18.2 Å². The van der Waals surface area contributed by atoms with Crippen LogP contribution in [-0.2, 0) is 4.74 Å². The number of halogens is 1. The lowest BCUT2D eigenvalue weighted by Gasteiger charge is -2.03. The summed E-state index contributed by atoms with van der Waals surface area (Å²) in [7, 11) is 1.35. The molecule has 0 aliphatic carbocycles. The van der Waals surface area contributed by atoms with Gasteiger partial charge >= 0.3 is 5.97 Å². The Morgan fingerprint density at radius 2 is 2.12 bits per heavy atom. The van der Waals surface area contributed by atoms with Crippen molar-refractivity contribution < 1.29 is 9.53 Å². The summed E-state index contributed by atoms with van der Waals surface area (Å²) < 4.78 is 5.38. The molecule has 2 heterocycles. The second kappa shape index (κ2) is 5.05. The lowest BCUT2D eigenvalue weighted by Crippen LogP contribution is -2.02. The summed E-state index contributed by atoms with van der Waals surface area (Å²) in [4.78, 5) is 19.8. The van der Waals surface area contributed by atoms with Crippen LogP contribution in [0.3, 0.4) is 0 Å². The Morgan fingerprint density at radius 1 is 1.29 bits per heavy atom. The maximum absolute atomic E-state index is 11.4. The highest BCUT2D eigenvalue weighted by Crippen LogP contribution is 2.18. The van der Waals surface area contributed by atoms with Gasteiger partial charge in [-0.1, -0.05) is 6.07 Å². The summed E-state index contributed by atoms with van der Waals surface area (Å²) in [6, 6.07) is 8.77. The van der Waals surface area contributed by atoms with E-state index in [0.717, 1.165) is 4.60 Å². The first-order valence-corrected chi connectivity index (χ1v) is 5.67. The van der Waals surface area contributed by atoms with Crippen LogP contribution in [0.5, 0.6) is 0 Å². The van der Waals surface area contributed by atoms with Crippen LogP contribution < -0.4 is 0 Å². The highest BCUT2D eigenvalue weighted by Gasteiger charge is 2.08. The topological polar surface area (TPSA) is 52.1 Å². The first-order valence-electron chi connectivity index (χ1n) is 4.88. The van der Waals surface area contributed by atoms with Crippen LogP contribution >= 0.6 is 15.9 Å². The molecule has 0 atom stereocenters. The van der Waals surface area contributed by atoms with Gasteiger partial charge in [0.1, 0.15) is 4.60 Å². The summed E-state index contributed by atoms with van der Waals surface area (Å²) in [6.07, 6.45) is 1.56. The fourth-order valence-corrected chi connectivity index (χ4v) is 1.71. The molecule has 0 fully saturated rings. The summed E-state index contributed by atoms with van der Waals surface area (Å²) in [5.74, 6) is -0.386. The van der Waals surface area contributed by atoms with Gasteiger partial charge in [0, 0.05) is 6.20 Å². The van der Waals surface area contributed by atoms with Crippen molar-refractivity contribution in [3.63, 3.8) is 0 Å². The summed E-state index contributed by atoms with van der Waals surface area (Å²) >= 11 is 3.29. The molecule has 0 amide bonds. The largest absolute Gasteiger partial charge is 0.465 e. The molecule has 0 unspecified atom stereocenters. The maximum atomic E-state index is 11.4.